The van der Waals surface area contributed by atoms with Crippen molar-refractivity contribution in [1.29, 1.82) is 0 Å². The lowest BCUT2D eigenvalue weighted by Gasteiger charge is -2.10. The number of halogens is 3. The molecule has 0 atom stereocenters. The third-order valence-corrected chi connectivity index (χ3v) is 2.92. The van der Waals surface area contributed by atoms with E-state index in [1.165, 1.54) is 6.07 Å². The summed E-state index contributed by atoms with van der Waals surface area (Å²) < 4.78 is 39.6. The normalized spacial score (nSPS) is 10.5. The Morgan fingerprint density at radius 3 is 2.25 bits per heavy atom. The standard InChI is InChI=1S/C17H12F3N3O/c18-17(19,20)14-10-13(15(24)23-16(21)22)9-8-12(14)7-6-11-4-2-1-3-5-11/h1-5,8-10H,(H4,21,22,23,24). The Kier molecular flexibility index (Phi) is 4.90. The summed E-state index contributed by atoms with van der Waals surface area (Å²) in [5.41, 5.74) is 9.15. The number of nitrogens with zero attached hydrogens (tertiary/aromatic N) is 1. The first-order valence-corrected chi connectivity index (χ1v) is 6.69. The van der Waals surface area contributed by atoms with E-state index in [9.17, 15) is 18.0 Å². The van der Waals surface area contributed by atoms with Crippen molar-refractivity contribution in [2.24, 2.45) is 16.5 Å². The number of nitrogens with two attached hydrogens (primary N) is 2. The summed E-state index contributed by atoms with van der Waals surface area (Å²) in [4.78, 5) is 14.9. The van der Waals surface area contributed by atoms with Gasteiger partial charge >= 0.3 is 6.18 Å². The first-order valence-electron chi connectivity index (χ1n) is 6.69. The fraction of sp³-hybridized carbons (Fsp3) is 0.0588. The summed E-state index contributed by atoms with van der Waals surface area (Å²) in [5.74, 6) is 3.65. The average molecular weight is 331 g/mol. The third kappa shape index (κ3) is 4.36. The molecule has 0 radical (unpaired) electrons. The molecule has 0 saturated heterocycles. The van der Waals surface area contributed by atoms with E-state index in [0.717, 1.165) is 6.07 Å². The predicted octanol–water partition coefficient (Wildman–Crippen LogP) is 2.52. The molecule has 0 aliphatic carbocycles. The number of carbonyl (C=O) groups excluding carboxylic acids is 1. The highest BCUT2D eigenvalue weighted by Crippen LogP contribution is 2.32. The summed E-state index contributed by atoms with van der Waals surface area (Å²) >= 11 is 0. The Labute approximate surface area is 136 Å². The van der Waals surface area contributed by atoms with Crippen molar-refractivity contribution in [2.45, 2.75) is 6.18 Å². The summed E-state index contributed by atoms with van der Waals surface area (Å²) in [6.45, 7) is 0. The lowest BCUT2D eigenvalue weighted by Crippen LogP contribution is -2.24. The average Bonchev–Trinajstić information content (AvgIpc) is 2.52. The Morgan fingerprint density at radius 2 is 1.67 bits per heavy atom. The first-order chi connectivity index (χ1) is 11.3. The van der Waals surface area contributed by atoms with Crippen LogP contribution in [-0.2, 0) is 6.18 Å². The van der Waals surface area contributed by atoms with Crippen molar-refractivity contribution in [1.82, 2.24) is 0 Å². The van der Waals surface area contributed by atoms with Gasteiger partial charge in [0.15, 0.2) is 5.96 Å². The Hall–Kier alpha value is -3.27. The van der Waals surface area contributed by atoms with Crippen LogP contribution in [0.2, 0.25) is 0 Å². The highest BCUT2D eigenvalue weighted by atomic mass is 19.4. The second-order valence-electron chi connectivity index (χ2n) is 4.72. The number of amides is 1. The van der Waals surface area contributed by atoms with E-state index >= 15 is 0 Å². The van der Waals surface area contributed by atoms with Crippen LogP contribution < -0.4 is 11.5 Å². The van der Waals surface area contributed by atoms with E-state index < -0.39 is 23.6 Å². The van der Waals surface area contributed by atoms with Crippen LogP contribution in [0.25, 0.3) is 0 Å². The zero-order chi connectivity index (χ0) is 17.7. The highest BCUT2D eigenvalue weighted by Gasteiger charge is 2.33. The summed E-state index contributed by atoms with van der Waals surface area (Å²) in [5, 5.41) is 0. The molecular weight excluding hydrogens is 319 g/mol. The number of rotatable bonds is 1. The van der Waals surface area contributed by atoms with E-state index in [0.29, 0.717) is 11.6 Å². The Morgan fingerprint density at radius 1 is 1.00 bits per heavy atom. The molecule has 2 aromatic rings. The van der Waals surface area contributed by atoms with Gasteiger partial charge in [0.25, 0.3) is 5.91 Å². The van der Waals surface area contributed by atoms with Gasteiger partial charge in [-0.1, -0.05) is 30.0 Å². The van der Waals surface area contributed by atoms with Crippen LogP contribution in [0, 0.1) is 11.8 Å². The molecule has 0 fully saturated rings. The Bertz CT molecular complexity index is 843. The minimum Gasteiger partial charge on any atom is -0.370 e. The lowest BCUT2D eigenvalue weighted by atomic mass is 10.0. The number of benzene rings is 2. The van der Waals surface area contributed by atoms with E-state index in [4.69, 9.17) is 11.5 Å². The molecule has 4 nitrogen and oxygen atoms in total. The van der Waals surface area contributed by atoms with E-state index in [1.807, 2.05) is 0 Å². The van der Waals surface area contributed by atoms with Gasteiger partial charge in [-0.05, 0) is 30.3 Å². The molecule has 1 amide bonds. The third-order valence-electron chi connectivity index (χ3n) is 2.92. The summed E-state index contributed by atoms with van der Waals surface area (Å²) in [7, 11) is 0. The molecule has 0 heterocycles. The monoisotopic (exact) mass is 331 g/mol. The van der Waals surface area contributed by atoms with Gasteiger partial charge in [-0.25, -0.2) is 0 Å². The number of hydrogen-bond donors (Lipinski definition) is 2. The largest absolute Gasteiger partial charge is 0.417 e. The van der Waals surface area contributed by atoms with Crippen LogP contribution in [0.4, 0.5) is 13.2 Å². The first kappa shape index (κ1) is 17.1. The zero-order valence-corrected chi connectivity index (χ0v) is 12.3. The number of hydrogen-bond acceptors (Lipinski definition) is 1. The molecule has 2 rings (SSSR count). The molecule has 2 aromatic carbocycles. The van der Waals surface area contributed by atoms with Gasteiger partial charge in [-0.15, -0.1) is 0 Å². The fourth-order valence-electron chi connectivity index (χ4n) is 1.86. The van der Waals surface area contributed by atoms with E-state index in [-0.39, 0.29) is 11.1 Å². The van der Waals surface area contributed by atoms with Gasteiger partial charge < -0.3 is 11.5 Å². The maximum atomic E-state index is 13.2. The highest BCUT2D eigenvalue weighted by molar-refractivity contribution is 6.02. The maximum absolute atomic E-state index is 13.2. The van der Waals surface area contributed by atoms with Crippen LogP contribution in [0.5, 0.6) is 0 Å². The number of alkyl halides is 3. The summed E-state index contributed by atoms with van der Waals surface area (Å²) in [6, 6.07) is 11.6. The van der Waals surface area contributed by atoms with E-state index in [2.05, 4.69) is 16.8 Å². The minimum absolute atomic E-state index is 0.243. The molecule has 0 aliphatic rings. The SMILES string of the molecule is NC(N)=NC(=O)c1ccc(C#Cc2ccccc2)c(C(F)(F)F)c1. The number of carbonyl (C=O) groups is 1. The van der Waals surface area contributed by atoms with Gasteiger partial charge in [-0.2, -0.15) is 18.2 Å². The molecule has 122 valence electrons. The quantitative estimate of drug-likeness (QED) is 0.479. The maximum Gasteiger partial charge on any atom is 0.417 e. The van der Waals surface area contributed by atoms with Crippen molar-refractivity contribution in [3.05, 3.63) is 70.8 Å². The molecule has 0 unspecified atom stereocenters. The smallest absolute Gasteiger partial charge is 0.370 e. The number of guanidine groups is 1. The molecule has 7 heteroatoms. The molecule has 24 heavy (non-hydrogen) atoms. The zero-order valence-electron chi connectivity index (χ0n) is 12.3. The van der Waals surface area contributed by atoms with Crippen molar-refractivity contribution < 1.29 is 18.0 Å². The second kappa shape index (κ2) is 6.87. The molecule has 0 aromatic heterocycles. The van der Waals surface area contributed by atoms with Gasteiger partial charge in [0, 0.05) is 16.7 Å². The molecular formula is C17H12F3N3O. The predicted molar refractivity (Wildman–Crippen MR) is 84.0 cm³/mol. The van der Waals surface area contributed by atoms with Gasteiger partial charge in [0.05, 0.1) is 5.56 Å². The van der Waals surface area contributed by atoms with E-state index in [1.54, 1.807) is 30.3 Å². The van der Waals surface area contributed by atoms with Crippen LogP contribution in [0.3, 0.4) is 0 Å². The molecule has 0 bridgehead atoms. The molecule has 4 N–H and O–H groups in total. The van der Waals surface area contributed by atoms with Crippen LogP contribution in [-0.4, -0.2) is 11.9 Å². The fourth-order valence-corrected chi connectivity index (χ4v) is 1.86. The topological polar surface area (TPSA) is 81.5 Å². The van der Waals surface area contributed by atoms with Gasteiger partial charge in [0.1, 0.15) is 0 Å². The van der Waals surface area contributed by atoms with Crippen LogP contribution >= 0.6 is 0 Å². The van der Waals surface area contributed by atoms with Crippen molar-refractivity contribution >= 4 is 11.9 Å². The summed E-state index contributed by atoms with van der Waals surface area (Å²) in [6.07, 6.45) is -4.67. The second-order valence-corrected chi connectivity index (χ2v) is 4.72. The molecule has 0 spiro atoms. The Balaban J connectivity index is 2.48. The van der Waals surface area contributed by atoms with Crippen molar-refractivity contribution in [2.75, 3.05) is 0 Å². The van der Waals surface area contributed by atoms with Gasteiger partial charge in [0.2, 0.25) is 0 Å². The molecule has 0 saturated carbocycles. The number of aliphatic imine (C=N–C) groups is 1. The van der Waals surface area contributed by atoms with Crippen LogP contribution in [0.1, 0.15) is 27.0 Å². The minimum atomic E-state index is -4.67. The lowest BCUT2D eigenvalue weighted by molar-refractivity contribution is -0.137. The van der Waals surface area contributed by atoms with Crippen molar-refractivity contribution in [3.63, 3.8) is 0 Å². The molecule has 0 aliphatic heterocycles. The van der Waals surface area contributed by atoms with Crippen molar-refractivity contribution in [3.8, 4) is 11.8 Å². The van der Waals surface area contributed by atoms with Gasteiger partial charge in [-0.3, -0.25) is 4.79 Å². The van der Waals surface area contributed by atoms with Crippen LogP contribution in [0.15, 0.2) is 53.5 Å².